The van der Waals surface area contributed by atoms with Crippen molar-refractivity contribution in [1.29, 1.82) is 0 Å². The molecule has 0 bridgehead atoms. The van der Waals surface area contributed by atoms with Gasteiger partial charge in [-0.05, 0) is 17.7 Å². The highest BCUT2D eigenvalue weighted by atomic mass is 79.9. The summed E-state index contributed by atoms with van der Waals surface area (Å²) in [6, 6.07) is 6.04. The molecule has 6 heteroatoms. The Kier molecular flexibility index (Phi) is 3.70. The molecule has 0 spiro atoms. The topological polar surface area (TPSA) is 45.4 Å². The Morgan fingerprint density at radius 1 is 1.25 bits per heavy atom. The highest BCUT2D eigenvalue weighted by Gasteiger charge is 2.25. The minimum absolute atomic E-state index is 0.00180. The summed E-state index contributed by atoms with van der Waals surface area (Å²) in [6.45, 7) is 1.86. The van der Waals surface area contributed by atoms with Crippen LogP contribution in [0.4, 0.5) is 0 Å². The quantitative estimate of drug-likeness (QED) is 0.782. The number of ether oxygens (including phenoxy) is 2. The Labute approximate surface area is 125 Å². The third-order valence-corrected chi connectivity index (χ3v) is 4.90. The fraction of sp³-hybridized carbons (Fsp3) is 0.500. The van der Waals surface area contributed by atoms with Gasteiger partial charge in [0.1, 0.15) is 0 Å². The summed E-state index contributed by atoms with van der Waals surface area (Å²) in [5.74, 6) is 0. The van der Waals surface area contributed by atoms with E-state index >= 15 is 0 Å². The highest BCUT2D eigenvalue weighted by Crippen LogP contribution is 2.31. The van der Waals surface area contributed by atoms with Gasteiger partial charge in [-0.2, -0.15) is 0 Å². The maximum atomic E-state index is 11.9. The number of fused-ring (bicyclic) bond motifs is 1. The molecular weight excluding hydrogens is 324 g/mol. The molecule has 3 rings (SSSR count). The smallest absolute Gasteiger partial charge is 0.328 e. The van der Waals surface area contributed by atoms with E-state index < -0.39 is 0 Å². The van der Waals surface area contributed by atoms with Gasteiger partial charge in [0.05, 0.1) is 41.8 Å². The summed E-state index contributed by atoms with van der Waals surface area (Å²) in [5.41, 5.74) is 2.94. The van der Waals surface area contributed by atoms with Crippen LogP contribution in [0, 0.1) is 0 Å². The predicted octanol–water partition coefficient (Wildman–Crippen LogP) is 1.73. The van der Waals surface area contributed by atoms with E-state index in [1.807, 2.05) is 18.2 Å². The third-order valence-electron chi connectivity index (χ3n) is 3.78. The highest BCUT2D eigenvalue weighted by molar-refractivity contribution is 9.09. The molecule has 2 atom stereocenters. The maximum absolute atomic E-state index is 11.9. The van der Waals surface area contributed by atoms with E-state index in [0.29, 0.717) is 19.8 Å². The second-order valence-corrected chi connectivity index (χ2v) is 6.02. The maximum Gasteiger partial charge on any atom is 0.328 e. The van der Waals surface area contributed by atoms with Crippen LogP contribution >= 0.6 is 15.9 Å². The number of benzene rings is 1. The Morgan fingerprint density at radius 3 is 2.70 bits per heavy atom. The monoisotopic (exact) mass is 340 g/mol. The molecule has 0 N–H and O–H groups in total. The lowest BCUT2D eigenvalue weighted by Crippen LogP contribution is -2.31. The van der Waals surface area contributed by atoms with Gasteiger partial charge in [0.15, 0.2) is 0 Å². The second kappa shape index (κ2) is 5.35. The number of hydrogen-bond acceptors (Lipinski definition) is 3. The number of rotatable bonds is 2. The first-order chi connectivity index (χ1) is 9.59. The fourth-order valence-corrected chi connectivity index (χ4v) is 3.17. The first-order valence-electron chi connectivity index (χ1n) is 6.58. The largest absolute Gasteiger partial charge is 0.376 e. The van der Waals surface area contributed by atoms with Gasteiger partial charge >= 0.3 is 5.69 Å². The van der Waals surface area contributed by atoms with Gasteiger partial charge in [0.25, 0.3) is 0 Å². The fourth-order valence-electron chi connectivity index (χ4n) is 2.58. The van der Waals surface area contributed by atoms with Gasteiger partial charge in [-0.15, -0.1) is 0 Å². The van der Waals surface area contributed by atoms with Crippen molar-refractivity contribution in [1.82, 2.24) is 9.13 Å². The van der Waals surface area contributed by atoms with Crippen molar-refractivity contribution in [2.24, 2.45) is 14.1 Å². The molecule has 2 unspecified atom stereocenters. The molecule has 2 heterocycles. The summed E-state index contributed by atoms with van der Waals surface area (Å²) in [4.78, 5) is 12.0. The molecule has 1 aliphatic heterocycles. The van der Waals surface area contributed by atoms with Gasteiger partial charge in [-0.3, -0.25) is 9.13 Å². The number of aryl methyl sites for hydroxylation is 2. The zero-order chi connectivity index (χ0) is 14.3. The molecule has 2 aromatic rings. The van der Waals surface area contributed by atoms with Crippen LogP contribution in [0.2, 0.25) is 0 Å². The zero-order valence-electron chi connectivity index (χ0n) is 11.5. The van der Waals surface area contributed by atoms with Crippen LogP contribution in [0.15, 0.2) is 23.0 Å². The standard InChI is InChI=1S/C14H17BrN2O3/c1-16-10-4-3-9(7-11(10)17(2)14(16)18)13(15)12-8-19-5-6-20-12/h3-4,7,12-13H,5-6,8H2,1-2H3. The summed E-state index contributed by atoms with van der Waals surface area (Å²) < 4.78 is 14.5. The van der Waals surface area contributed by atoms with Gasteiger partial charge < -0.3 is 9.47 Å². The lowest BCUT2D eigenvalue weighted by Gasteiger charge is -2.27. The summed E-state index contributed by atoms with van der Waals surface area (Å²) >= 11 is 3.68. The van der Waals surface area contributed by atoms with Crippen LogP contribution in [0.25, 0.3) is 11.0 Å². The molecule has 0 amide bonds. The van der Waals surface area contributed by atoms with E-state index in [9.17, 15) is 4.79 Å². The molecule has 1 aromatic heterocycles. The lowest BCUT2D eigenvalue weighted by molar-refractivity contribution is -0.0876. The van der Waals surface area contributed by atoms with Crippen molar-refractivity contribution in [2.45, 2.75) is 10.9 Å². The molecule has 1 fully saturated rings. The molecule has 0 aliphatic carbocycles. The number of aromatic nitrogens is 2. The zero-order valence-corrected chi connectivity index (χ0v) is 13.1. The van der Waals surface area contributed by atoms with Gasteiger partial charge in [0, 0.05) is 14.1 Å². The van der Waals surface area contributed by atoms with Crippen molar-refractivity contribution in [3.8, 4) is 0 Å². The van der Waals surface area contributed by atoms with E-state index in [1.165, 1.54) is 0 Å². The van der Waals surface area contributed by atoms with Crippen LogP contribution in [0.1, 0.15) is 10.4 Å². The number of halogens is 1. The molecular formula is C14H17BrN2O3. The minimum atomic E-state index is -0.0134. The summed E-state index contributed by atoms with van der Waals surface area (Å²) in [5, 5.41) is 0. The van der Waals surface area contributed by atoms with Crippen molar-refractivity contribution in [2.75, 3.05) is 19.8 Å². The molecule has 108 valence electrons. The Bertz CT molecular complexity index is 686. The molecule has 1 aliphatic rings. The van der Waals surface area contributed by atoms with Gasteiger partial charge in [-0.25, -0.2) is 4.79 Å². The van der Waals surface area contributed by atoms with Crippen LogP contribution in [-0.4, -0.2) is 35.1 Å². The summed E-state index contributed by atoms with van der Waals surface area (Å²) in [7, 11) is 3.58. The molecule has 5 nitrogen and oxygen atoms in total. The van der Waals surface area contributed by atoms with Crippen molar-refractivity contribution >= 4 is 27.0 Å². The Balaban J connectivity index is 2.00. The van der Waals surface area contributed by atoms with Crippen molar-refractivity contribution < 1.29 is 9.47 Å². The SMILES string of the molecule is Cn1c(=O)n(C)c2cc(C(Br)C3COCCO3)ccc21. The predicted molar refractivity (Wildman–Crippen MR) is 80.4 cm³/mol. The van der Waals surface area contributed by atoms with Crippen LogP contribution < -0.4 is 5.69 Å². The van der Waals surface area contributed by atoms with E-state index in [4.69, 9.17) is 9.47 Å². The molecule has 1 saturated heterocycles. The third kappa shape index (κ3) is 2.21. The van der Waals surface area contributed by atoms with Crippen LogP contribution in [0.3, 0.4) is 0 Å². The van der Waals surface area contributed by atoms with Crippen LogP contribution in [0.5, 0.6) is 0 Å². The molecule has 20 heavy (non-hydrogen) atoms. The van der Waals surface area contributed by atoms with E-state index in [0.717, 1.165) is 16.6 Å². The van der Waals surface area contributed by atoms with Crippen molar-refractivity contribution in [3.05, 3.63) is 34.2 Å². The average Bonchev–Trinajstić information content (AvgIpc) is 2.72. The Morgan fingerprint density at radius 2 is 2.00 bits per heavy atom. The number of hydrogen-bond donors (Lipinski definition) is 0. The molecule has 0 radical (unpaired) electrons. The Hall–Kier alpha value is -1.11. The average molecular weight is 341 g/mol. The van der Waals surface area contributed by atoms with E-state index in [-0.39, 0.29) is 16.6 Å². The molecule has 1 aromatic carbocycles. The lowest BCUT2D eigenvalue weighted by atomic mass is 10.1. The first-order valence-corrected chi connectivity index (χ1v) is 7.50. The number of alkyl halides is 1. The van der Waals surface area contributed by atoms with Crippen LogP contribution in [-0.2, 0) is 23.6 Å². The van der Waals surface area contributed by atoms with Crippen molar-refractivity contribution in [3.63, 3.8) is 0 Å². The molecule has 0 saturated carbocycles. The first kappa shape index (κ1) is 13.9. The van der Waals surface area contributed by atoms with Gasteiger partial charge in [0.2, 0.25) is 0 Å². The second-order valence-electron chi connectivity index (χ2n) is 5.03. The summed E-state index contributed by atoms with van der Waals surface area (Å²) in [6.07, 6.45) is 0.00180. The number of nitrogens with zero attached hydrogens (tertiary/aromatic N) is 2. The van der Waals surface area contributed by atoms with E-state index in [1.54, 1.807) is 23.2 Å². The minimum Gasteiger partial charge on any atom is -0.376 e. The van der Waals surface area contributed by atoms with Gasteiger partial charge in [-0.1, -0.05) is 22.0 Å². The normalized spacial score (nSPS) is 21.2. The number of imidazole rings is 1. The van der Waals surface area contributed by atoms with E-state index in [2.05, 4.69) is 15.9 Å².